The van der Waals surface area contributed by atoms with Crippen LogP contribution in [0.2, 0.25) is 0 Å². The molecule has 0 fully saturated rings. The molecule has 1 nitrogen and oxygen atoms in total. The fourth-order valence-electron chi connectivity index (χ4n) is 1.07. The lowest BCUT2D eigenvalue weighted by Crippen LogP contribution is -2.26. The van der Waals surface area contributed by atoms with Crippen LogP contribution in [0.3, 0.4) is 0 Å². The standard InChI is InChI=1S/C8H19N/c1-4-6-7(3)8(9)5-2/h7-8H,4-6,9H2,1-3H3/t7-,8-/m1/s1. The van der Waals surface area contributed by atoms with Gasteiger partial charge in [-0.2, -0.15) is 0 Å². The first-order valence-corrected chi connectivity index (χ1v) is 3.97. The molecule has 0 aliphatic heterocycles. The van der Waals surface area contributed by atoms with Crippen LogP contribution in [-0.4, -0.2) is 6.04 Å². The van der Waals surface area contributed by atoms with Gasteiger partial charge in [-0.3, -0.25) is 0 Å². The van der Waals surface area contributed by atoms with E-state index in [0.717, 1.165) is 6.42 Å². The van der Waals surface area contributed by atoms with Crippen LogP contribution in [0.1, 0.15) is 40.0 Å². The Morgan fingerprint density at radius 1 is 1.33 bits per heavy atom. The second-order valence-electron chi connectivity index (χ2n) is 2.84. The van der Waals surface area contributed by atoms with Crippen molar-refractivity contribution in [2.75, 3.05) is 0 Å². The Kier molecular flexibility index (Phi) is 4.78. The van der Waals surface area contributed by atoms with Gasteiger partial charge in [0.15, 0.2) is 0 Å². The second-order valence-corrected chi connectivity index (χ2v) is 2.84. The Morgan fingerprint density at radius 3 is 2.22 bits per heavy atom. The van der Waals surface area contributed by atoms with Crippen molar-refractivity contribution >= 4 is 0 Å². The van der Waals surface area contributed by atoms with Crippen LogP contribution in [-0.2, 0) is 0 Å². The maximum Gasteiger partial charge on any atom is 0.00618 e. The summed E-state index contributed by atoms with van der Waals surface area (Å²) in [6.45, 7) is 6.59. The van der Waals surface area contributed by atoms with Gasteiger partial charge in [0.05, 0.1) is 0 Å². The van der Waals surface area contributed by atoms with Crippen molar-refractivity contribution in [3.63, 3.8) is 0 Å². The van der Waals surface area contributed by atoms with Crippen molar-refractivity contribution < 1.29 is 0 Å². The topological polar surface area (TPSA) is 26.0 Å². The summed E-state index contributed by atoms with van der Waals surface area (Å²) in [5.74, 6) is 0.708. The fourth-order valence-corrected chi connectivity index (χ4v) is 1.07. The van der Waals surface area contributed by atoms with Crippen LogP contribution in [0.25, 0.3) is 0 Å². The van der Waals surface area contributed by atoms with Gasteiger partial charge in [0.1, 0.15) is 0 Å². The van der Waals surface area contributed by atoms with Gasteiger partial charge in [0.25, 0.3) is 0 Å². The maximum atomic E-state index is 5.80. The Morgan fingerprint density at radius 2 is 1.89 bits per heavy atom. The summed E-state index contributed by atoms with van der Waals surface area (Å²) >= 11 is 0. The van der Waals surface area contributed by atoms with Crippen LogP contribution >= 0.6 is 0 Å². The minimum Gasteiger partial charge on any atom is -0.327 e. The van der Waals surface area contributed by atoms with Crippen molar-refractivity contribution in [1.29, 1.82) is 0 Å². The third-order valence-corrected chi connectivity index (χ3v) is 1.95. The van der Waals surface area contributed by atoms with Gasteiger partial charge in [0, 0.05) is 6.04 Å². The molecule has 9 heavy (non-hydrogen) atoms. The van der Waals surface area contributed by atoms with Gasteiger partial charge in [-0.1, -0.05) is 27.2 Å². The Bertz CT molecular complexity index is 61.6. The zero-order chi connectivity index (χ0) is 7.28. The average molecular weight is 129 g/mol. The van der Waals surface area contributed by atoms with E-state index in [1.54, 1.807) is 0 Å². The van der Waals surface area contributed by atoms with Gasteiger partial charge in [-0.25, -0.2) is 0 Å². The quantitative estimate of drug-likeness (QED) is 0.618. The minimum absolute atomic E-state index is 0.421. The molecule has 0 saturated carbocycles. The van der Waals surface area contributed by atoms with Crippen molar-refractivity contribution in [3.8, 4) is 0 Å². The molecule has 1 heteroatoms. The monoisotopic (exact) mass is 129 g/mol. The Balaban J connectivity index is 3.32. The van der Waals surface area contributed by atoms with Gasteiger partial charge in [0.2, 0.25) is 0 Å². The molecule has 56 valence electrons. The van der Waals surface area contributed by atoms with E-state index in [9.17, 15) is 0 Å². The molecule has 0 aliphatic rings. The third-order valence-electron chi connectivity index (χ3n) is 1.95. The van der Waals surface area contributed by atoms with E-state index in [1.165, 1.54) is 12.8 Å². The lowest BCUT2D eigenvalue weighted by Gasteiger charge is -2.16. The number of nitrogens with two attached hydrogens (primary N) is 1. The molecule has 0 spiro atoms. The predicted molar refractivity (Wildman–Crippen MR) is 42.3 cm³/mol. The van der Waals surface area contributed by atoms with Crippen molar-refractivity contribution in [2.24, 2.45) is 11.7 Å². The molecule has 0 aromatic rings. The van der Waals surface area contributed by atoms with Crippen LogP contribution in [0.4, 0.5) is 0 Å². The van der Waals surface area contributed by atoms with E-state index in [-0.39, 0.29) is 0 Å². The first-order chi connectivity index (χ1) is 4.22. The normalized spacial score (nSPS) is 17.3. The van der Waals surface area contributed by atoms with Crippen LogP contribution in [0.15, 0.2) is 0 Å². The van der Waals surface area contributed by atoms with E-state index < -0.39 is 0 Å². The fraction of sp³-hybridized carbons (Fsp3) is 1.00. The first kappa shape index (κ1) is 8.96. The summed E-state index contributed by atoms with van der Waals surface area (Å²) in [4.78, 5) is 0. The summed E-state index contributed by atoms with van der Waals surface area (Å²) < 4.78 is 0. The highest BCUT2D eigenvalue weighted by Gasteiger charge is 2.07. The second kappa shape index (κ2) is 4.80. The molecule has 0 amide bonds. The molecular formula is C8H19N. The summed E-state index contributed by atoms with van der Waals surface area (Å²) in [5, 5.41) is 0. The molecule has 0 heterocycles. The van der Waals surface area contributed by atoms with Gasteiger partial charge in [-0.15, -0.1) is 0 Å². The van der Waals surface area contributed by atoms with E-state index in [0.29, 0.717) is 12.0 Å². The first-order valence-electron chi connectivity index (χ1n) is 3.97. The third kappa shape index (κ3) is 3.52. The van der Waals surface area contributed by atoms with Gasteiger partial charge >= 0.3 is 0 Å². The van der Waals surface area contributed by atoms with Gasteiger partial charge < -0.3 is 5.73 Å². The van der Waals surface area contributed by atoms with Crippen LogP contribution in [0.5, 0.6) is 0 Å². The number of hydrogen-bond donors (Lipinski definition) is 1. The molecule has 0 unspecified atom stereocenters. The molecule has 0 saturated heterocycles. The molecule has 0 bridgehead atoms. The van der Waals surface area contributed by atoms with E-state index in [2.05, 4.69) is 20.8 Å². The smallest absolute Gasteiger partial charge is 0.00618 e. The summed E-state index contributed by atoms with van der Waals surface area (Å²) in [7, 11) is 0. The highest BCUT2D eigenvalue weighted by Crippen LogP contribution is 2.10. The van der Waals surface area contributed by atoms with Gasteiger partial charge in [-0.05, 0) is 18.8 Å². The highest BCUT2D eigenvalue weighted by molar-refractivity contribution is 4.65. The SMILES string of the molecule is CCC[C@@H](C)[C@H](N)CC. The molecule has 0 radical (unpaired) electrons. The largest absolute Gasteiger partial charge is 0.327 e. The molecule has 0 aliphatic carbocycles. The maximum absolute atomic E-state index is 5.80. The summed E-state index contributed by atoms with van der Waals surface area (Å²) in [5.41, 5.74) is 5.80. The van der Waals surface area contributed by atoms with E-state index in [1.807, 2.05) is 0 Å². The Hall–Kier alpha value is -0.0400. The van der Waals surface area contributed by atoms with Crippen molar-refractivity contribution in [1.82, 2.24) is 0 Å². The van der Waals surface area contributed by atoms with Crippen molar-refractivity contribution in [3.05, 3.63) is 0 Å². The average Bonchev–Trinajstić information content (AvgIpc) is 1.87. The summed E-state index contributed by atoms with van der Waals surface area (Å²) in [6, 6.07) is 0.421. The molecule has 0 aromatic heterocycles. The molecule has 2 atom stereocenters. The molecule has 0 rings (SSSR count). The zero-order valence-electron chi connectivity index (χ0n) is 6.85. The van der Waals surface area contributed by atoms with Crippen molar-refractivity contribution in [2.45, 2.75) is 46.1 Å². The number of rotatable bonds is 4. The molecule has 2 N–H and O–H groups in total. The van der Waals surface area contributed by atoms with Crippen LogP contribution in [0, 0.1) is 5.92 Å². The molecular weight excluding hydrogens is 110 g/mol. The van der Waals surface area contributed by atoms with E-state index >= 15 is 0 Å². The highest BCUT2D eigenvalue weighted by atomic mass is 14.6. The summed E-state index contributed by atoms with van der Waals surface area (Å²) in [6.07, 6.45) is 3.64. The number of hydrogen-bond acceptors (Lipinski definition) is 1. The molecule has 0 aromatic carbocycles. The minimum atomic E-state index is 0.421. The van der Waals surface area contributed by atoms with E-state index in [4.69, 9.17) is 5.73 Å². The van der Waals surface area contributed by atoms with Crippen LogP contribution < -0.4 is 5.73 Å². The zero-order valence-corrected chi connectivity index (χ0v) is 6.85. The predicted octanol–water partition coefficient (Wildman–Crippen LogP) is 2.16. The Labute approximate surface area is 58.6 Å². The lowest BCUT2D eigenvalue weighted by atomic mass is 9.96. The lowest BCUT2D eigenvalue weighted by molar-refractivity contribution is 0.413.